The van der Waals surface area contributed by atoms with Crippen molar-refractivity contribution in [1.29, 1.82) is 0 Å². The second-order valence-electron chi connectivity index (χ2n) is 5.66. The third kappa shape index (κ3) is 1.84. The van der Waals surface area contributed by atoms with E-state index in [4.69, 9.17) is 0 Å². The molecule has 2 saturated heterocycles. The second kappa shape index (κ2) is 4.81. The van der Waals surface area contributed by atoms with E-state index >= 15 is 0 Å². The molecule has 0 unspecified atom stereocenters. The van der Waals surface area contributed by atoms with E-state index in [1.165, 1.54) is 12.1 Å². The second-order valence-corrected chi connectivity index (χ2v) is 5.66. The summed E-state index contributed by atoms with van der Waals surface area (Å²) >= 11 is 0. The van der Waals surface area contributed by atoms with Gasteiger partial charge in [0.25, 0.3) is 0 Å². The summed E-state index contributed by atoms with van der Waals surface area (Å²) in [5, 5.41) is 3.57. The normalized spacial score (nSPS) is 30.1. The first-order chi connectivity index (χ1) is 9.61. The highest BCUT2D eigenvalue weighted by molar-refractivity contribution is 5.85. The van der Waals surface area contributed by atoms with Crippen LogP contribution in [0.15, 0.2) is 24.3 Å². The first-order valence-corrected chi connectivity index (χ1v) is 7.01. The minimum absolute atomic E-state index is 0.158. The number of rotatable bonds is 3. The molecule has 1 amide bonds. The van der Waals surface area contributed by atoms with Crippen LogP contribution in [0.4, 0.5) is 8.78 Å². The molecule has 0 aliphatic carbocycles. The molecule has 1 aromatic carbocycles. The summed E-state index contributed by atoms with van der Waals surface area (Å²) < 4.78 is 26.7. The molecule has 1 aromatic rings. The molecule has 3 nitrogen and oxygen atoms in total. The van der Waals surface area contributed by atoms with E-state index in [-0.39, 0.29) is 17.8 Å². The van der Waals surface area contributed by atoms with Gasteiger partial charge in [0.2, 0.25) is 5.91 Å². The monoisotopic (exact) mass is 280 g/mol. The number of hydrogen-bond acceptors (Lipinski definition) is 2. The lowest BCUT2D eigenvalue weighted by Crippen LogP contribution is -2.38. The number of halogens is 2. The van der Waals surface area contributed by atoms with Gasteiger partial charge in [0.05, 0.1) is 11.5 Å². The predicted molar refractivity (Wildman–Crippen MR) is 70.9 cm³/mol. The van der Waals surface area contributed by atoms with Crippen LogP contribution in [0, 0.1) is 11.2 Å². The third-order valence-electron chi connectivity index (χ3n) is 4.57. The van der Waals surface area contributed by atoms with Crippen molar-refractivity contribution in [2.45, 2.75) is 25.8 Å². The number of amides is 1. The minimum atomic E-state index is -0.911. The van der Waals surface area contributed by atoms with Crippen LogP contribution < -0.4 is 0 Å². The van der Waals surface area contributed by atoms with Crippen LogP contribution in [0.25, 0.3) is 0 Å². The lowest BCUT2D eigenvalue weighted by atomic mass is 9.86. The lowest BCUT2D eigenvalue weighted by molar-refractivity contribution is -0.143. The summed E-state index contributed by atoms with van der Waals surface area (Å²) in [6.07, 6.45) is 1.26. The molecule has 108 valence electrons. The topological polar surface area (TPSA) is 23.6 Å². The maximum Gasteiger partial charge on any atom is 0.247 e. The number of hydrogen-bond donors (Lipinski definition) is 0. The van der Waals surface area contributed by atoms with Gasteiger partial charge < -0.3 is 0 Å². The molecule has 0 bridgehead atoms. The highest BCUT2D eigenvalue weighted by Crippen LogP contribution is 2.44. The zero-order chi connectivity index (χ0) is 14.3. The Morgan fingerprint density at radius 3 is 2.90 bits per heavy atom. The molecule has 5 heteroatoms. The number of carbonyl (C=O) groups excluding carboxylic acids is 1. The Balaban J connectivity index is 1.92. The van der Waals surface area contributed by atoms with E-state index in [1.54, 1.807) is 11.1 Å². The fraction of sp³-hybridized carbons (Fsp3) is 0.533. The van der Waals surface area contributed by atoms with Crippen LogP contribution in [0.3, 0.4) is 0 Å². The third-order valence-corrected chi connectivity index (χ3v) is 4.57. The molecule has 0 saturated carbocycles. The molecule has 0 N–H and O–H groups in total. The average molecular weight is 280 g/mol. The largest absolute Gasteiger partial charge is 0.273 e. The van der Waals surface area contributed by atoms with Crippen LogP contribution in [0.1, 0.15) is 31.4 Å². The smallest absolute Gasteiger partial charge is 0.247 e. The van der Waals surface area contributed by atoms with Crippen LogP contribution in [-0.2, 0) is 4.79 Å². The Morgan fingerprint density at radius 2 is 2.25 bits per heavy atom. The number of benzene rings is 1. The van der Waals surface area contributed by atoms with Gasteiger partial charge in [0, 0.05) is 13.1 Å². The molecule has 2 fully saturated rings. The van der Waals surface area contributed by atoms with Crippen molar-refractivity contribution >= 4 is 5.91 Å². The maximum atomic E-state index is 13.4. The molecule has 0 aromatic heterocycles. The Morgan fingerprint density at radius 1 is 1.45 bits per heavy atom. The first-order valence-electron chi connectivity index (χ1n) is 7.01. The van der Waals surface area contributed by atoms with E-state index in [9.17, 15) is 13.6 Å². The number of carbonyl (C=O) groups is 1. The molecule has 2 heterocycles. The fourth-order valence-corrected chi connectivity index (χ4v) is 3.26. The summed E-state index contributed by atoms with van der Waals surface area (Å²) in [5.41, 5.74) is -0.127. The minimum Gasteiger partial charge on any atom is -0.273 e. The summed E-state index contributed by atoms with van der Waals surface area (Å²) in [4.78, 5) is 12.6. The Kier molecular flexibility index (Phi) is 3.24. The zero-order valence-corrected chi connectivity index (χ0v) is 11.5. The van der Waals surface area contributed by atoms with Gasteiger partial charge in [-0.2, -0.15) is 0 Å². The molecule has 2 atom stereocenters. The predicted octanol–water partition coefficient (Wildman–Crippen LogP) is 2.70. The zero-order valence-electron chi connectivity index (χ0n) is 11.5. The average Bonchev–Trinajstić information content (AvgIpc) is 2.98. The molecule has 20 heavy (non-hydrogen) atoms. The van der Waals surface area contributed by atoms with Crippen LogP contribution in [0.2, 0.25) is 0 Å². The quantitative estimate of drug-likeness (QED) is 0.850. The van der Waals surface area contributed by atoms with Crippen LogP contribution >= 0.6 is 0 Å². The molecular weight excluding hydrogens is 262 g/mol. The number of hydrazine groups is 1. The van der Waals surface area contributed by atoms with Gasteiger partial charge in [-0.1, -0.05) is 19.1 Å². The SMILES string of the molecule is CC[C@]1(CF)CN2CC[C@@H](c3cccc(F)c3)N2C1=O. The number of alkyl halides is 1. The van der Waals surface area contributed by atoms with Gasteiger partial charge in [-0.15, -0.1) is 0 Å². The molecule has 3 rings (SSSR count). The van der Waals surface area contributed by atoms with E-state index in [0.717, 1.165) is 12.0 Å². The standard InChI is InChI=1S/C15H18F2N2O/c1-2-15(9-16)10-18-7-6-13(19(18)14(15)20)11-4-3-5-12(17)8-11/h3-5,8,13H,2,6-7,9-10H2,1H3/t13-,15-/m0/s1. The van der Waals surface area contributed by atoms with Crippen molar-refractivity contribution in [2.75, 3.05) is 19.8 Å². The van der Waals surface area contributed by atoms with Gasteiger partial charge in [0.15, 0.2) is 0 Å². The van der Waals surface area contributed by atoms with Crippen LogP contribution in [0.5, 0.6) is 0 Å². The molecule has 2 aliphatic heterocycles. The highest BCUT2D eigenvalue weighted by Gasteiger charge is 2.54. The van der Waals surface area contributed by atoms with Gasteiger partial charge >= 0.3 is 0 Å². The van der Waals surface area contributed by atoms with E-state index in [2.05, 4.69) is 0 Å². The van der Waals surface area contributed by atoms with Crippen molar-refractivity contribution in [3.05, 3.63) is 35.6 Å². The fourth-order valence-electron chi connectivity index (χ4n) is 3.26. The van der Waals surface area contributed by atoms with Gasteiger partial charge in [-0.25, -0.2) is 13.8 Å². The summed E-state index contributed by atoms with van der Waals surface area (Å²) in [6, 6.07) is 6.16. The summed E-state index contributed by atoms with van der Waals surface area (Å²) in [6.45, 7) is 2.36. The maximum absolute atomic E-state index is 13.4. The molecule has 2 aliphatic rings. The van der Waals surface area contributed by atoms with Crippen molar-refractivity contribution in [2.24, 2.45) is 5.41 Å². The van der Waals surface area contributed by atoms with Crippen LogP contribution in [-0.4, -0.2) is 35.7 Å². The van der Waals surface area contributed by atoms with Gasteiger partial charge in [-0.3, -0.25) is 9.80 Å². The molecular formula is C15H18F2N2O. The van der Waals surface area contributed by atoms with Crippen molar-refractivity contribution in [3.63, 3.8) is 0 Å². The van der Waals surface area contributed by atoms with E-state index < -0.39 is 12.1 Å². The Hall–Kier alpha value is -1.49. The Bertz CT molecular complexity index is 530. The van der Waals surface area contributed by atoms with E-state index in [1.807, 2.05) is 18.0 Å². The van der Waals surface area contributed by atoms with Crippen molar-refractivity contribution < 1.29 is 13.6 Å². The van der Waals surface area contributed by atoms with Crippen molar-refractivity contribution in [1.82, 2.24) is 10.0 Å². The summed E-state index contributed by atoms with van der Waals surface area (Å²) in [7, 11) is 0. The number of nitrogens with zero attached hydrogens (tertiary/aromatic N) is 2. The van der Waals surface area contributed by atoms with Crippen molar-refractivity contribution in [3.8, 4) is 0 Å². The molecule has 0 radical (unpaired) electrons. The van der Waals surface area contributed by atoms with Gasteiger partial charge in [-0.05, 0) is 30.5 Å². The number of fused-ring (bicyclic) bond motifs is 1. The summed E-state index contributed by atoms with van der Waals surface area (Å²) in [5.74, 6) is -0.464. The lowest BCUT2D eigenvalue weighted by Gasteiger charge is -2.26. The first kappa shape index (κ1) is 13.5. The highest BCUT2D eigenvalue weighted by atomic mass is 19.1. The van der Waals surface area contributed by atoms with E-state index in [0.29, 0.717) is 19.5 Å². The molecule has 0 spiro atoms. The van der Waals surface area contributed by atoms with Gasteiger partial charge in [0.1, 0.15) is 12.5 Å². The Labute approximate surface area is 117 Å².